The van der Waals surface area contributed by atoms with Crippen LogP contribution in [-0.4, -0.2) is 59.0 Å². The number of likely N-dealkylation sites (tertiary alicyclic amines) is 2. The number of rotatable bonds is 3. The minimum Gasteiger partial charge on any atom is -0.391 e. The molecule has 2 atom stereocenters. The normalized spacial score (nSPS) is 24.2. The van der Waals surface area contributed by atoms with Crippen LogP contribution in [0, 0.1) is 11.7 Å². The van der Waals surface area contributed by atoms with Crippen molar-refractivity contribution in [1.29, 1.82) is 0 Å². The molecule has 0 aromatic heterocycles. The SMILES string of the molecule is O=C(Cc1ccc(F)cc1)N1CCCC(C(=O)N2CC[C@H](O)C2)C1. The van der Waals surface area contributed by atoms with E-state index in [1.807, 2.05) is 0 Å². The number of aliphatic hydroxyl groups is 1. The van der Waals surface area contributed by atoms with E-state index in [2.05, 4.69) is 0 Å². The summed E-state index contributed by atoms with van der Waals surface area (Å²) >= 11 is 0. The minimum atomic E-state index is -0.422. The number of carbonyl (C=O) groups excluding carboxylic acids is 2. The third-order valence-corrected chi connectivity index (χ3v) is 4.87. The number of β-amino-alcohol motifs (C(OH)–C–C–N with tert-alkyl or cyclic N) is 1. The lowest BCUT2D eigenvalue weighted by molar-refractivity contribution is -0.140. The van der Waals surface area contributed by atoms with Crippen LogP contribution in [0.15, 0.2) is 24.3 Å². The van der Waals surface area contributed by atoms with Gasteiger partial charge in [-0.1, -0.05) is 12.1 Å². The molecule has 1 unspecified atom stereocenters. The number of nitrogens with zero attached hydrogens (tertiary/aromatic N) is 2. The van der Waals surface area contributed by atoms with Gasteiger partial charge in [0.05, 0.1) is 18.4 Å². The summed E-state index contributed by atoms with van der Waals surface area (Å²) in [4.78, 5) is 28.5. The number of aliphatic hydroxyl groups excluding tert-OH is 1. The second-order valence-electron chi connectivity index (χ2n) is 6.71. The predicted molar refractivity (Wildman–Crippen MR) is 86.6 cm³/mol. The molecule has 2 amide bonds. The van der Waals surface area contributed by atoms with E-state index in [-0.39, 0.29) is 30.0 Å². The van der Waals surface area contributed by atoms with Crippen LogP contribution < -0.4 is 0 Å². The predicted octanol–water partition coefficient (Wildman–Crippen LogP) is 1.20. The lowest BCUT2D eigenvalue weighted by Crippen LogP contribution is -2.46. The van der Waals surface area contributed by atoms with Crippen molar-refractivity contribution in [3.63, 3.8) is 0 Å². The molecule has 6 heteroatoms. The number of benzene rings is 1. The van der Waals surface area contributed by atoms with E-state index < -0.39 is 6.10 Å². The molecule has 0 aliphatic carbocycles. The Morgan fingerprint density at radius 3 is 2.50 bits per heavy atom. The fraction of sp³-hybridized carbons (Fsp3) is 0.556. The summed E-state index contributed by atoms with van der Waals surface area (Å²) in [6.45, 7) is 2.09. The molecule has 3 rings (SSSR count). The molecule has 0 saturated carbocycles. The molecular formula is C18H23FN2O3. The van der Waals surface area contributed by atoms with Crippen LogP contribution in [0.3, 0.4) is 0 Å². The summed E-state index contributed by atoms with van der Waals surface area (Å²) in [6, 6.07) is 5.94. The highest BCUT2D eigenvalue weighted by molar-refractivity contribution is 5.82. The van der Waals surface area contributed by atoms with Crippen molar-refractivity contribution in [3.8, 4) is 0 Å². The third-order valence-electron chi connectivity index (χ3n) is 4.87. The first-order valence-corrected chi connectivity index (χ1v) is 8.52. The average Bonchev–Trinajstić information content (AvgIpc) is 3.03. The highest BCUT2D eigenvalue weighted by Crippen LogP contribution is 2.22. The lowest BCUT2D eigenvalue weighted by Gasteiger charge is -2.34. The van der Waals surface area contributed by atoms with Gasteiger partial charge in [0.15, 0.2) is 0 Å². The number of hydrogen-bond donors (Lipinski definition) is 1. The van der Waals surface area contributed by atoms with Gasteiger partial charge in [-0.2, -0.15) is 0 Å². The Labute approximate surface area is 141 Å². The van der Waals surface area contributed by atoms with Crippen molar-refractivity contribution in [2.45, 2.75) is 31.8 Å². The van der Waals surface area contributed by atoms with E-state index in [1.165, 1.54) is 12.1 Å². The molecule has 2 aliphatic rings. The smallest absolute Gasteiger partial charge is 0.227 e. The van der Waals surface area contributed by atoms with Crippen molar-refractivity contribution in [2.75, 3.05) is 26.2 Å². The maximum atomic E-state index is 12.9. The van der Waals surface area contributed by atoms with Crippen molar-refractivity contribution in [3.05, 3.63) is 35.6 Å². The van der Waals surface area contributed by atoms with E-state index in [9.17, 15) is 19.1 Å². The Kier molecular flexibility index (Phi) is 5.14. The van der Waals surface area contributed by atoms with Crippen molar-refractivity contribution < 1.29 is 19.1 Å². The standard InChI is InChI=1S/C18H23FN2O3/c19-15-5-3-13(4-6-15)10-17(23)20-8-1-2-14(11-20)18(24)21-9-7-16(22)12-21/h3-6,14,16,22H,1-2,7-12H2/t14?,16-/m0/s1. The summed E-state index contributed by atoms with van der Waals surface area (Å²) in [6.07, 6.45) is 2.02. The highest BCUT2D eigenvalue weighted by atomic mass is 19.1. The van der Waals surface area contributed by atoms with Crippen LogP contribution in [0.4, 0.5) is 4.39 Å². The van der Waals surface area contributed by atoms with E-state index in [0.717, 1.165) is 18.4 Å². The molecule has 5 nitrogen and oxygen atoms in total. The quantitative estimate of drug-likeness (QED) is 0.904. The van der Waals surface area contributed by atoms with Gasteiger partial charge in [-0.3, -0.25) is 9.59 Å². The van der Waals surface area contributed by atoms with Gasteiger partial charge in [-0.05, 0) is 37.0 Å². The number of piperidine rings is 1. The second kappa shape index (κ2) is 7.30. The second-order valence-corrected chi connectivity index (χ2v) is 6.71. The molecule has 0 bridgehead atoms. The zero-order valence-corrected chi connectivity index (χ0v) is 13.7. The summed E-state index contributed by atoms with van der Waals surface area (Å²) in [5.74, 6) is -0.477. The Morgan fingerprint density at radius 2 is 1.83 bits per heavy atom. The molecule has 2 saturated heterocycles. The fourth-order valence-electron chi connectivity index (χ4n) is 3.49. The number of carbonyl (C=O) groups is 2. The molecule has 130 valence electrons. The highest BCUT2D eigenvalue weighted by Gasteiger charge is 2.33. The Bertz CT molecular complexity index is 605. The third kappa shape index (κ3) is 3.93. The Balaban J connectivity index is 1.57. The maximum absolute atomic E-state index is 12.9. The number of halogens is 1. The van der Waals surface area contributed by atoms with E-state index >= 15 is 0 Å². The molecule has 1 aromatic rings. The summed E-state index contributed by atoms with van der Waals surface area (Å²) in [7, 11) is 0. The first-order valence-electron chi connectivity index (χ1n) is 8.52. The van der Waals surface area contributed by atoms with Gasteiger partial charge in [-0.25, -0.2) is 4.39 Å². The van der Waals surface area contributed by atoms with E-state index in [1.54, 1.807) is 21.9 Å². The van der Waals surface area contributed by atoms with Crippen LogP contribution in [0.5, 0.6) is 0 Å². The molecular weight excluding hydrogens is 311 g/mol. The van der Waals surface area contributed by atoms with Gasteiger partial charge in [0, 0.05) is 26.2 Å². The fourth-order valence-corrected chi connectivity index (χ4v) is 3.49. The van der Waals surface area contributed by atoms with Crippen LogP contribution >= 0.6 is 0 Å². The average molecular weight is 334 g/mol. The first kappa shape index (κ1) is 16.9. The van der Waals surface area contributed by atoms with Crippen molar-refractivity contribution >= 4 is 11.8 Å². The van der Waals surface area contributed by atoms with Gasteiger partial charge >= 0.3 is 0 Å². The lowest BCUT2D eigenvalue weighted by atomic mass is 9.96. The molecule has 2 fully saturated rings. The van der Waals surface area contributed by atoms with Crippen LogP contribution in [-0.2, 0) is 16.0 Å². The molecule has 24 heavy (non-hydrogen) atoms. The van der Waals surface area contributed by atoms with Gasteiger partial charge < -0.3 is 14.9 Å². The van der Waals surface area contributed by atoms with Gasteiger partial charge in [0.1, 0.15) is 5.82 Å². The van der Waals surface area contributed by atoms with Crippen molar-refractivity contribution in [2.24, 2.45) is 5.92 Å². The van der Waals surface area contributed by atoms with Gasteiger partial charge in [0.2, 0.25) is 11.8 Å². The van der Waals surface area contributed by atoms with Crippen LogP contribution in [0.2, 0.25) is 0 Å². The molecule has 1 N–H and O–H groups in total. The molecule has 2 heterocycles. The molecule has 1 aromatic carbocycles. The molecule has 2 aliphatic heterocycles. The Hall–Kier alpha value is -1.95. The number of hydrogen-bond acceptors (Lipinski definition) is 3. The Morgan fingerprint density at radius 1 is 1.08 bits per heavy atom. The zero-order valence-electron chi connectivity index (χ0n) is 13.7. The maximum Gasteiger partial charge on any atom is 0.227 e. The molecule has 0 spiro atoms. The summed E-state index contributed by atoms with van der Waals surface area (Å²) < 4.78 is 12.9. The largest absolute Gasteiger partial charge is 0.391 e. The van der Waals surface area contributed by atoms with Crippen molar-refractivity contribution in [1.82, 2.24) is 9.80 Å². The van der Waals surface area contributed by atoms with Crippen LogP contribution in [0.1, 0.15) is 24.8 Å². The first-order chi connectivity index (χ1) is 11.5. The topological polar surface area (TPSA) is 60.9 Å². The van der Waals surface area contributed by atoms with Gasteiger partial charge in [-0.15, -0.1) is 0 Å². The van der Waals surface area contributed by atoms with Gasteiger partial charge in [0.25, 0.3) is 0 Å². The zero-order chi connectivity index (χ0) is 17.1. The van der Waals surface area contributed by atoms with E-state index in [0.29, 0.717) is 32.6 Å². The number of amides is 2. The molecule has 0 radical (unpaired) electrons. The van der Waals surface area contributed by atoms with Crippen LogP contribution in [0.25, 0.3) is 0 Å². The summed E-state index contributed by atoms with van der Waals surface area (Å²) in [5, 5.41) is 9.59. The van der Waals surface area contributed by atoms with E-state index in [4.69, 9.17) is 0 Å². The monoisotopic (exact) mass is 334 g/mol. The minimum absolute atomic E-state index is 0.0273. The summed E-state index contributed by atoms with van der Waals surface area (Å²) in [5.41, 5.74) is 0.775.